The molecule has 21 heavy (non-hydrogen) atoms. The van der Waals surface area contributed by atoms with E-state index in [2.05, 4.69) is 20.6 Å². The lowest BCUT2D eigenvalue weighted by Gasteiger charge is -2.06. The molecule has 0 unspecified atom stereocenters. The van der Waals surface area contributed by atoms with Crippen LogP contribution in [0, 0.1) is 0 Å². The van der Waals surface area contributed by atoms with E-state index in [-0.39, 0.29) is 5.91 Å². The summed E-state index contributed by atoms with van der Waals surface area (Å²) in [6.45, 7) is 2.69. The van der Waals surface area contributed by atoms with Crippen molar-refractivity contribution in [3.05, 3.63) is 48.3 Å². The Hall–Kier alpha value is -2.76. The van der Waals surface area contributed by atoms with E-state index in [4.69, 9.17) is 0 Å². The maximum Gasteiger partial charge on any atom is 0.251 e. The van der Waals surface area contributed by atoms with Gasteiger partial charge >= 0.3 is 0 Å². The summed E-state index contributed by atoms with van der Waals surface area (Å²) in [7, 11) is 0. The molecule has 3 rings (SSSR count). The summed E-state index contributed by atoms with van der Waals surface area (Å²) >= 11 is 0. The molecular formula is C15H15N5O. The van der Waals surface area contributed by atoms with Crippen LogP contribution in [0.15, 0.2) is 42.7 Å². The van der Waals surface area contributed by atoms with Gasteiger partial charge in [-0.05, 0) is 30.7 Å². The van der Waals surface area contributed by atoms with Crippen LogP contribution in [-0.4, -0.2) is 32.4 Å². The number of hydrogen-bond acceptors (Lipinski definition) is 4. The highest BCUT2D eigenvalue weighted by molar-refractivity contribution is 5.97. The highest BCUT2D eigenvalue weighted by atomic mass is 16.1. The average Bonchev–Trinajstić information content (AvgIpc) is 3.06. The first-order chi connectivity index (χ1) is 10.3. The zero-order valence-electron chi connectivity index (χ0n) is 11.7. The van der Waals surface area contributed by atoms with Crippen LogP contribution in [0.4, 0.5) is 0 Å². The maximum absolute atomic E-state index is 12.0. The molecule has 0 saturated carbocycles. The molecule has 0 fully saturated rings. The summed E-state index contributed by atoms with van der Waals surface area (Å²) in [5.74, 6) is 0.595. The SMILES string of the molecule is CCCNC(=O)c1ccc2ccc(-n3ccnn3)nc2c1. The Morgan fingerprint density at radius 2 is 2.14 bits per heavy atom. The highest BCUT2D eigenvalue weighted by Crippen LogP contribution is 2.16. The number of carbonyl (C=O) groups excluding carboxylic acids is 1. The minimum atomic E-state index is -0.0771. The third-order valence-corrected chi connectivity index (χ3v) is 3.13. The summed E-state index contributed by atoms with van der Waals surface area (Å²) < 4.78 is 1.59. The van der Waals surface area contributed by atoms with E-state index in [1.807, 2.05) is 31.2 Å². The first-order valence-corrected chi connectivity index (χ1v) is 6.83. The number of hydrogen-bond donors (Lipinski definition) is 1. The third kappa shape index (κ3) is 2.74. The summed E-state index contributed by atoms with van der Waals surface area (Å²) in [6.07, 6.45) is 4.24. The second-order valence-electron chi connectivity index (χ2n) is 4.68. The number of carbonyl (C=O) groups is 1. The average molecular weight is 281 g/mol. The molecule has 6 heteroatoms. The molecule has 106 valence electrons. The van der Waals surface area contributed by atoms with Crippen LogP contribution in [-0.2, 0) is 0 Å². The predicted molar refractivity (Wildman–Crippen MR) is 79.3 cm³/mol. The number of aromatic nitrogens is 4. The number of benzene rings is 1. The molecule has 0 aliphatic carbocycles. The van der Waals surface area contributed by atoms with Gasteiger partial charge in [-0.25, -0.2) is 9.67 Å². The van der Waals surface area contributed by atoms with Crippen LogP contribution in [0.2, 0.25) is 0 Å². The molecule has 1 N–H and O–H groups in total. The van der Waals surface area contributed by atoms with Crippen molar-refractivity contribution in [3.63, 3.8) is 0 Å². The van der Waals surface area contributed by atoms with Gasteiger partial charge in [-0.3, -0.25) is 4.79 Å². The Morgan fingerprint density at radius 3 is 2.90 bits per heavy atom. The van der Waals surface area contributed by atoms with Crippen molar-refractivity contribution in [1.29, 1.82) is 0 Å². The largest absolute Gasteiger partial charge is 0.352 e. The van der Waals surface area contributed by atoms with E-state index in [1.54, 1.807) is 23.1 Å². The van der Waals surface area contributed by atoms with Gasteiger partial charge < -0.3 is 5.32 Å². The number of nitrogens with zero attached hydrogens (tertiary/aromatic N) is 4. The second-order valence-corrected chi connectivity index (χ2v) is 4.68. The maximum atomic E-state index is 12.0. The lowest BCUT2D eigenvalue weighted by molar-refractivity contribution is 0.0954. The van der Waals surface area contributed by atoms with Crippen molar-refractivity contribution in [1.82, 2.24) is 25.3 Å². The fourth-order valence-corrected chi connectivity index (χ4v) is 2.05. The van der Waals surface area contributed by atoms with E-state index in [0.29, 0.717) is 17.9 Å². The van der Waals surface area contributed by atoms with Crippen molar-refractivity contribution in [2.75, 3.05) is 6.54 Å². The molecule has 2 heterocycles. The monoisotopic (exact) mass is 281 g/mol. The van der Waals surface area contributed by atoms with Gasteiger partial charge in [0, 0.05) is 17.5 Å². The zero-order valence-corrected chi connectivity index (χ0v) is 11.7. The summed E-state index contributed by atoms with van der Waals surface area (Å²) in [5, 5.41) is 11.5. The first kappa shape index (κ1) is 13.2. The van der Waals surface area contributed by atoms with Gasteiger partial charge in [0.2, 0.25) is 0 Å². The van der Waals surface area contributed by atoms with E-state index >= 15 is 0 Å². The first-order valence-electron chi connectivity index (χ1n) is 6.83. The summed E-state index contributed by atoms with van der Waals surface area (Å²) in [5.41, 5.74) is 1.37. The van der Waals surface area contributed by atoms with Crippen LogP contribution >= 0.6 is 0 Å². The lowest BCUT2D eigenvalue weighted by Crippen LogP contribution is -2.23. The third-order valence-electron chi connectivity index (χ3n) is 3.13. The smallest absolute Gasteiger partial charge is 0.251 e. The van der Waals surface area contributed by atoms with Crippen molar-refractivity contribution in [3.8, 4) is 5.82 Å². The summed E-state index contributed by atoms with van der Waals surface area (Å²) in [4.78, 5) is 16.5. The fourth-order valence-electron chi connectivity index (χ4n) is 2.05. The summed E-state index contributed by atoms with van der Waals surface area (Å²) in [6, 6.07) is 9.32. The zero-order chi connectivity index (χ0) is 14.7. The minimum absolute atomic E-state index is 0.0771. The molecule has 0 aliphatic heterocycles. The molecule has 0 bridgehead atoms. The molecule has 0 saturated heterocycles. The molecule has 1 amide bonds. The van der Waals surface area contributed by atoms with E-state index in [0.717, 1.165) is 17.3 Å². The standard InChI is InChI=1S/C15H15N5O/c1-2-7-16-15(21)12-4-3-11-5-6-14(18-13(11)10-12)20-9-8-17-19-20/h3-6,8-10H,2,7H2,1H3,(H,16,21). The molecule has 0 radical (unpaired) electrons. The molecule has 2 aromatic heterocycles. The van der Waals surface area contributed by atoms with E-state index < -0.39 is 0 Å². The van der Waals surface area contributed by atoms with Crippen LogP contribution in [0.25, 0.3) is 16.7 Å². The molecular weight excluding hydrogens is 266 g/mol. The number of nitrogens with one attached hydrogen (secondary N) is 1. The van der Waals surface area contributed by atoms with Gasteiger partial charge in [0.25, 0.3) is 5.91 Å². The van der Waals surface area contributed by atoms with Crippen molar-refractivity contribution in [2.45, 2.75) is 13.3 Å². The molecule has 0 atom stereocenters. The molecule has 1 aromatic carbocycles. The van der Waals surface area contributed by atoms with Gasteiger partial charge in [0.1, 0.15) is 0 Å². The Labute approximate surface area is 121 Å². The normalized spacial score (nSPS) is 10.7. The number of rotatable bonds is 4. The Balaban J connectivity index is 1.97. The van der Waals surface area contributed by atoms with E-state index in [1.165, 1.54) is 0 Å². The number of pyridine rings is 1. The van der Waals surface area contributed by atoms with Crippen molar-refractivity contribution in [2.24, 2.45) is 0 Å². The van der Waals surface area contributed by atoms with Crippen molar-refractivity contribution < 1.29 is 4.79 Å². The van der Waals surface area contributed by atoms with Crippen LogP contribution in [0.5, 0.6) is 0 Å². The molecule has 0 aliphatic rings. The van der Waals surface area contributed by atoms with Crippen molar-refractivity contribution >= 4 is 16.8 Å². The van der Waals surface area contributed by atoms with Crippen LogP contribution in [0.3, 0.4) is 0 Å². The van der Waals surface area contributed by atoms with Crippen LogP contribution < -0.4 is 5.32 Å². The number of fused-ring (bicyclic) bond motifs is 1. The lowest BCUT2D eigenvalue weighted by atomic mass is 10.1. The Bertz CT molecular complexity index is 767. The van der Waals surface area contributed by atoms with Gasteiger partial charge in [0.05, 0.1) is 17.9 Å². The van der Waals surface area contributed by atoms with Gasteiger partial charge in [-0.1, -0.05) is 18.2 Å². The van der Waals surface area contributed by atoms with Gasteiger partial charge in [-0.15, -0.1) is 5.10 Å². The molecule has 6 nitrogen and oxygen atoms in total. The molecule has 0 spiro atoms. The fraction of sp³-hybridized carbons (Fsp3) is 0.200. The highest BCUT2D eigenvalue weighted by Gasteiger charge is 2.07. The van der Waals surface area contributed by atoms with Crippen LogP contribution in [0.1, 0.15) is 23.7 Å². The van der Waals surface area contributed by atoms with E-state index in [9.17, 15) is 4.79 Å². The topological polar surface area (TPSA) is 72.7 Å². The predicted octanol–water partition coefficient (Wildman–Crippen LogP) is 1.96. The quantitative estimate of drug-likeness (QED) is 0.793. The van der Waals surface area contributed by atoms with Gasteiger partial charge in [-0.2, -0.15) is 0 Å². The minimum Gasteiger partial charge on any atom is -0.352 e. The number of amides is 1. The second kappa shape index (κ2) is 5.70. The molecule has 3 aromatic rings. The Kier molecular flexibility index (Phi) is 3.59. The van der Waals surface area contributed by atoms with Gasteiger partial charge in [0.15, 0.2) is 5.82 Å². The Morgan fingerprint density at radius 1 is 1.29 bits per heavy atom.